The van der Waals surface area contributed by atoms with Gasteiger partial charge in [-0.2, -0.15) is 0 Å². The van der Waals surface area contributed by atoms with E-state index in [9.17, 15) is 4.79 Å². The molecule has 126 valence electrons. The van der Waals surface area contributed by atoms with Gasteiger partial charge in [0.15, 0.2) is 11.5 Å². The summed E-state index contributed by atoms with van der Waals surface area (Å²) in [5, 5.41) is 2.95. The number of amides is 1. The monoisotopic (exact) mass is 334 g/mol. The minimum Gasteiger partial charge on any atom is -0.454 e. The number of benzene rings is 2. The highest BCUT2D eigenvalue weighted by Crippen LogP contribution is 2.34. The molecule has 1 aromatic heterocycles. The summed E-state index contributed by atoms with van der Waals surface area (Å²) < 4.78 is 12.7. The number of nitrogens with one attached hydrogen (secondary N) is 1. The predicted molar refractivity (Wildman–Crippen MR) is 94.8 cm³/mol. The molecule has 3 aromatic rings. The van der Waals surface area contributed by atoms with Crippen LogP contribution >= 0.6 is 0 Å². The van der Waals surface area contributed by atoms with Gasteiger partial charge in [0.1, 0.15) is 0 Å². The molecule has 2 heterocycles. The van der Waals surface area contributed by atoms with Crippen LogP contribution in [0, 0.1) is 0 Å². The van der Waals surface area contributed by atoms with E-state index < -0.39 is 0 Å². The van der Waals surface area contributed by atoms with Gasteiger partial charge in [-0.25, -0.2) is 0 Å². The third-order valence-electron chi connectivity index (χ3n) is 4.21. The zero-order valence-corrected chi connectivity index (χ0v) is 13.6. The predicted octanol–water partition coefficient (Wildman–Crippen LogP) is 3.84. The zero-order chi connectivity index (χ0) is 17.1. The van der Waals surface area contributed by atoms with Crippen molar-refractivity contribution in [2.75, 3.05) is 12.1 Å². The van der Waals surface area contributed by atoms with Gasteiger partial charge in [-0.1, -0.05) is 30.3 Å². The molecule has 1 amide bonds. The summed E-state index contributed by atoms with van der Waals surface area (Å²) in [5.74, 6) is 1.30. The molecule has 0 saturated heterocycles. The number of fused-ring (bicyclic) bond motifs is 1. The third kappa shape index (κ3) is 3.35. The minimum absolute atomic E-state index is 0.0507. The Labute approximate surface area is 145 Å². The number of carbonyl (C=O) groups is 1. The van der Waals surface area contributed by atoms with Gasteiger partial charge in [0, 0.05) is 24.1 Å². The van der Waals surface area contributed by atoms with E-state index in [2.05, 4.69) is 9.88 Å². The summed E-state index contributed by atoms with van der Waals surface area (Å²) >= 11 is 0. The first-order chi connectivity index (χ1) is 12.3. The van der Waals surface area contributed by atoms with E-state index in [4.69, 9.17) is 9.47 Å². The van der Waals surface area contributed by atoms with Gasteiger partial charge in [-0.3, -0.25) is 4.79 Å². The van der Waals surface area contributed by atoms with Crippen LogP contribution in [0.3, 0.4) is 0 Å². The highest BCUT2D eigenvalue weighted by Gasteiger charge is 2.18. The Balaban J connectivity index is 1.51. The number of anilines is 1. The molecular formula is C20H18N2O3. The average molecular weight is 334 g/mol. The van der Waals surface area contributed by atoms with Gasteiger partial charge >= 0.3 is 0 Å². The van der Waals surface area contributed by atoms with E-state index >= 15 is 0 Å². The van der Waals surface area contributed by atoms with Crippen LogP contribution in [0.2, 0.25) is 0 Å². The lowest BCUT2D eigenvalue weighted by Gasteiger charge is -2.19. The third-order valence-corrected chi connectivity index (χ3v) is 4.21. The summed E-state index contributed by atoms with van der Waals surface area (Å²) in [6.07, 6.45) is 4.30. The van der Waals surface area contributed by atoms with Crippen molar-refractivity contribution in [3.8, 4) is 11.5 Å². The molecule has 4 rings (SSSR count). The number of rotatable bonds is 5. The first-order valence-electron chi connectivity index (χ1n) is 8.16. The lowest BCUT2D eigenvalue weighted by Crippen LogP contribution is -2.19. The van der Waals surface area contributed by atoms with Crippen molar-refractivity contribution >= 4 is 11.6 Å². The smallest absolute Gasteiger partial charge is 0.231 e. The molecule has 5 nitrogen and oxygen atoms in total. The van der Waals surface area contributed by atoms with Crippen molar-refractivity contribution in [2.45, 2.75) is 12.5 Å². The molecule has 0 aliphatic carbocycles. The van der Waals surface area contributed by atoms with Crippen molar-refractivity contribution in [1.82, 2.24) is 4.57 Å². The number of carbonyl (C=O) groups excluding carboxylic acids is 1. The lowest BCUT2D eigenvalue weighted by atomic mass is 10.0. The largest absolute Gasteiger partial charge is 0.454 e. The Hall–Kier alpha value is -3.21. The number of ether oxygens (including phenoxy) is 2. The van der Waals surface area contributed by atoms with Gasteiger partial charge in [0.2, 0.25) is 12.7 Å². The zero-order valence-electron chi connectivity index (χ0n) is 13.6. The molecule has 0 fully saturated rings. The van der Waals surface area contributed by atoms with Gasteiger partial charge in [0.25, 0.3) is 0 Å². The topological polar surface area (TPSA) is 52.5 Å². The summed E-state index contributed by atoms with van der Waals surface area (Å²) in [7, 11) is 0. The van der Waals surface area contributed by atoms with E-state index in [1.807, 2.05) is 60.9 Å². The fraction of sp³-hybridized carbons (Fsp3) is 0.150. The second-order valence-electron chi connectivity index (χ2n) is 5.88. The molecule has 0 radical (unpaired) electrons. The van der Waals surface area contributed by atoms with Crippen LogP contribution in [-0.2, 0) is 4.79 Å². The molecule has 2 aromatic carbocycles. The number of hydrogen-bond acceptors (Lipinski definition) is 3. The lowest BCUT2D eigenvalue weighted by molar-refractivity contribution is -0.116. The van der Waals surface area contributed by atoms with Crippen LogP contribution < -0.4 is 14.8 Å². The maximum atomic E-state index is 12.6. The molecule has 25 heavy (non-hydrogen) atoms. The maximum Gasteiger partial charge on any atom is 0.231 e. The van der Waals surface area contributed by atoms with E-state index in [-0.39, 0.29) is 18.7 Å². The maximum absolute atomic E-state index is 12.6. The molecule has 1 atom stereocenters. The fourth-order valence-electron chi connectivity index (χ4n) is 2.99. The van der Waals surface area contributed by atoms with Gasteiger partial charge in [-0.05, 0) is 29.8 Å². The highest BCUT2D eigenvalue weighted by atomic mass is 16.7. The number of hydrogen-bond donors (Lipinski definition) is 1. The molecule has 0 bridgehead atoms. The van der Waals surface area contributed by atoms with Crippen LogP contribution in [0.15, 0.2) is 73.1 Å². The summed E-state index contributed by atoms with van der Waals surface area (Å²) in [4.78, 5) is 12.6. The molecule has 5 heteroatoms. The van der Waals surface area contributed by atoms with Crippen LogP contribution in [-0.4, -0.2) is 17.3 Å². The van der Waals surface area contributed by atoms with E-state index in [0.717, 1.165) is 5.56 Å². The van der Waals surface area contributed by atoms with Crippen molar-refractivity contribution in [1.29, 1.82) is 0 Å². The SMILES string of the molecule is O=C(C[C@@H](c1ccccc1)n1cccc1)Nc1ccc2c(c1)OCO2. The average Bonchev–Trinajstić information content (AvgIpc) is 3.31. The molecule has 1 N–H and O–H groups in total. The highest BCUT2D eigenvalue weighted by molar-refractivity contribution is 5.91. The van der Waals surface area contributed by atoms with Crippen LogP contribution in [0.5, 0.6) is 11.5 Å². The summed E-state index contributed by atoms with van der Waals surface area (Å²) in [6, 6.07) is 19.3. The van der Waals surface area contributed by atoms with Gasteiger partial charge in [0.05, 0.1) is 12.5 Å². The second-order valence-corrected chi connectivity index (χ2v) is 5.88. The molecule has 0 unspecified atom stereocenters. The number of aromatic nitrogens is 1. The molecule has 0 saturated carbocycles. The standard InChI is InChI=1S/C20H18N2O3/c23-20(21-16-8-9-18-19(12-16)25-14-24-18)13-17(22-10-4-5-11-22)15-6-2-1-3-7-15/h1-12,17H,13-14H2,(H,21,23)/t17-/m0/s1. The fourth-order valence-corrected chi connectivity index (χ4v) is 2.99. The van der Waals surface area contributed by atoms with Crippen molar-refractivity contribution in [2.24, 2.45) is 0 Å². The molecule has 1 aliphatic heterocycles. The van der Waals surface area contributed by atoms with E-state index in [0.29, 0.717) is 23.6 Å². The van der Waals surface area contributed by atoms with Gasteiger partial charge < -0.3 is 19.4 Å². The number of nitrogens with zero attached hydrogens (tertiary/aromatic N) is 1. The summed E-state index contributed by atoms with van der Waals surface area (Å²) in [6.45, 7) is 0.219. The first kappa shape index (κ1) is 15.3. The van der Waals surface area contributed by atoms with Gasteiger partial charge in [-0.15, -0.1) is 0 Å². The van der Waals surface area contributed by atoms with Crippen LogP contribution in [0.25, 0.3) is 0 Å². The quantitative estimate of drug-likeness (QED) is 0.771. The molecule has 1 aliphatic rings. The Kier molecular flexibility index (Phi) is 4.12. The van der Waals surface area contributed by atoms with E-state index in [1.165, 1.54) is 0 Å². The Bertz CT molecular complexity index is 860. The van der Waals surface area contributed by atoms with Crippen molar-refractivity contribution in [3.05, 3.63) is 78.6 Å². The normalized spacial score (nSPS) is 13.4. The Morgan fingerprint density at radius 3 is 2.56 bits per heavy atom. The van der Waals surface area contributed by atoms with Crippen LogP contribution in [0.1, 0.15) is 18.0 Å². The van der Waals surface area contributed by atoms with E-state index in [1.54, 1.807) is 12.1 Å². The summed E-state index contributed by atoms with van der Waals surface area (Å²) in [5.41, 5.74) is 1.80. The molecule has 0 spiro atoms. The minimum atomic E-state index is -0.0542. The van der Waals surface area contributed by atoms with Crippen LogP contribution in [0.4, 0.5) is 5.69 Å². The Morgan fingerprint density at radius 2 is 1.76 bits per heavy atom. The van der Waals surface area contributed by atoms with Crippen molar-refractivity contribution in [3.63, 3.8) is 0 Å². The Morgan fingerprint density at radius 1 is 1.00 bits per heavy atom. The van der Waals surface area contributed by atoms with Crippen molar-refractivity contribution < 1.29 is 14.3 Å². The first-order valence-corrected chi connectivity index (χ1v) is 8.16. The second kappa shape index (κ2) is 6.73. The molecular weight excluding hydrogens is 316 g/mol.